The molecule has 27 heavy (non-hydrogen) atoms. The normalized spacial score (nSPS) is 21.9. The van der Waals surface area contributed by atoms with Crippen LogP contribution in [0.1, 0.15) is 37.7 Å². The van der Waals surface area contributed by atoms with Gasteiger partial charge >= 0.3 is 0 Å². The number of ether oxygens (including phenoxy) is 1. The summed E-state index contributed by atoms with van der Waals surface area (Å²) in [6.45, 7) is 2.12. The molecule has 6 nitrogen and oxygen atoms in total. The number of nitrogens with zero attached hydrogens (tertiary/aromatic N) is 1. The largest absolute Gasteiger partial charge is 0.381 e. The lowest BCUT2D eigenvalue weighted by atomic mass is 9.64. The Balaban J connectivity index is 1.63. The third-order valence-electron chi connectivity index (χ3n) is 6.28. The predicted octanol–water partition coefficient (Wildman–Crippen LogP) is 1.87. The Morgan fingerprint density at radius 3 is 2.22 bits per heavy atom. The molecule has 0 amide bonds. The van der Waals surface area contributed by atoms with E-state index in [1.807, 2.05) is 6.07 Å². The number of nitrogens with one attached hydrogen (secondary N) is 2. The van der Waals surface area contributed by atoms with Crippen molar-refractivity contribution >= 4 is 15.8 Å². The summed E-state index contributed by atoms with van der Waals surface area (Å²) >= 11 is 0. The van der Waals surface area contributed by atoms with Gasteiger partial charge < -0.3 is 15.4 Å². The lowest BCUT2D eigenvalue weighted by molar-refractivity contribution is 0.0756. The van der Waals surface area contributed by atoms with Crippen LogP contribution in [0, 0.1) is 0 Å². The molecule has 0 spiro atoms. The average Bonchev–Trinajstić information content (AvgIpc) is 2.64. The fourth-order valence-corrected chi connectivity index (χ4v) is 5.35. The van der Waals surface area contributed by atoms with Crippen LogP contribution in [0.5, 0.6) is 0 Å². The molecule has 2 N–H and O–H groups in total. The molecule has 0 aromatic heterocycles. The number of aliphatic imine (C=N–C) groups is 1. The standard InChI is InChI=1S/C20H31N3O3S/c1-21-18(23-16-20(27(2,24)25)11-13-26-14-12-20)22-15-19(9-6-10-19)17-7-4-3-5-8-17/h3-5,7-8H,6,9-16H2,1-2H3,(H2,21,22,23). The van der Waals surface area contributed by atoms with Crippen LogP contribution in [0.25, 0.3) is 0 Å². The van der Waals surface area contributed by atoms with Crippen molar-refractivity contribution < 1.29 is 13.2 Å². The van der Waals surface area contributed by atoms with E-state index in [4.69, 9.17) is 4.74 Å². The highest BCUT2D eigenvalue weighted by Crippen LogP contribution is 2.43. The molecule has 1 saturated carbocycles. The van der Waals surface area contributed by atoms with Crippen molar-refractivity contribution in [2.75, 3.05) is 39.6 Å². The molecule has 150 valence electrons. The molecule has 1 saturated heterocycles. The van der Waals surface area contributed by atoms with Crippen LogP contribution in [0.15, 0.2) is 35.3 Å². The molecule has 2 aliphatic rings. The van der Waals surface area contributed by atoms with Gasteiger partial charge in [-0.1, -0.05) is 36.8 Å². The molecule has 0 radical (unpaired) electrons. The van der Waals surface area contributed by atoms with Crippen LogP contribution in [0.2, 0.25) is 0 Å². The van der Waals surface area contributed by atoms with Gasteiger partial charge in [0, 0.05) is 45.0 Å². The Hall–Kier alpha value is -1.60. The van der Waals surface area contributed by atoms with E-state index >= 15 is 0 Å². The zero-order valence-electron chi connectivity index (χ0n) is 16.3. The zero-order chi connectivity index (χ0) is 19.4. The molecule has 0 unspecified atom stereocenters. The van der Waals surface area contributed by atoms with Gasteiger partial charge in [0.2, 0.25) is 0 Å². The van der Waals surface area contributed by atoms with E-state index in [0.29, 0.717) is 38.6 Å². The van der Waals surface area contributed by atoms with Gasteiger partial charge in [-0.05, 0) is 31.2 Å². The fourth-order valence-electron chi connectivity index (χ4n) is 4.10. The van der Waals surface area contributed by atoms with Crippen LogP contribution in [0.3, 0.4) is 0 Å². The van der Waals surface area contributed by atoms with Crippen LogP contribution in [-0.2, 0) is 20.0 Å². The maximum absolute atomic E-state index is 12.4. The fraction of sp³-hybridized carbons (Fsp3) is 0.650. The third kappa shape index (κ3) is 4.29. The maximum Gasteiger partial charge on any atom is 0.191 e. The van der Waals surface area contributed by atoms with Gasteiger partial charge in [0.1, 0.15) is 0 Å². The Morgan fingerprint density at radius 2 is 1.70 bits per heavy atom. The number of guanidine groups is 1. The molecule has 3 rings (SSSR count). The number of sulfone groups is 1. The Morgan fingerprint density at radius 1 is 1.07 bits per heavy atom. The number of hydrogen-bond acceptors (Lipinski definition) is 4. The summed E-state index contributed by atoms with van der Waals surface area (Å²) in [5.74, 6) is 0.659. The Bertz CT molecular complexity index is 752. The van der Waals surface area contributed by atoms with Gasteiger partial charge in [-0.25, -0.2) is 8.42 Å². The highest BCUT2D eigenvalue weighted by atomic mass is 32.2. The first kappa shape index (κ1) is 20.1. The van der Waals surface area contributed by atoms with Gasteiger partial charge in [-0.15, -0.1) is 0 Å². The monoisotopic (exact) mass is 393 g/mol. The molecule has 2 fully saturated rings. The van der Waals surface area contributed by atoms with Crippen LogP contribution in [-0.4, -0.2) is 58.7 Å². The SMILES string of the molecule is CN=C(NCC1(c2ccccc2)CCC1)NCC1(S(C)(=O)=O)CCOCC1. The van der Waals surface area contributed by atoms with Gasteiger partial charge in [0.05, 0.1) is 4.75 Å². The summed E-state index contributed by atoms with van der Waals surface area (Å²) in [5, 5.41) is 6.69. The van der Waals surface area contributed by atoms with Gasteiger partial charge in [-0.2, -0.15) is 0 Å². The van der Waals surface area contributed by atoms with E-state index < -0.39 is 14.6 Å². The number of rotatable bonds is 6. The minimum absolute atomic E-state index is 0.145. The lowest BCUT2D eigenvalue weighted by Crippen LogP contribution is -2.55. The molecule has 1 aliphatic heterocycles. The molecular formula is C20H31N3O3S. The second-order valence-corrected chi connectivity index (χ2v) is 10.3. The maximum atomic E-state index is 12.4. The third-order valence-corrected chi connectivity index (χ3v) is 8.41. The van der Waals surface area contributed by atoms with Crippen LogP contribution >= 0.6 is 0 Å². The van der Waals surface area contributed by atoms with Crippen molar-refractivity contribution in [3.05, 3.63) is 35.9 Å². The quantitative estimate of drug-likeness (QED) is 0.570. The molecular weight excluding hydrogens is 362 g/mol. The molecule has 1 aliphatic carbocycles. The van der Waals surface area contributed by atoms with Crippen molar-refractivity contribution in [3.8, 4) is 0 Å². The van der Waals surface area contributed by atoms with E-state index in [-0.39, 0.29) is 5.41 Å². The van der Waals surface area contributed by atoms with Gasteiger partial charge in [-0.3, -0.25) is 4.99 Å². The molecule has 1 heterocycles. The molecule has 1 aromatic rings. The Kier molecular flexibility index (Phi) is 6.11. The first-order valence-corrected chi connectivity index (χ1v) is 11.6. The summed E-state index contributed by atoms with van der Waals surface area (Å²) in [6.07, 6.45) is 5.92. The minimum atomic E-state index is -3.20. The lowest BCUT2D eigenvalue weighted by Gasteiger charge is -2.43. The topological polar surface area (TPSA) is 79.8 Å². The minimum Gasteiger partial charge on any atom is -0.381 e. The highest BCUT2D eigenvalue weighted by Gasteiger charge is 2.43. The molecule has 7 heteroatoms. The van der Waals surface area contributed by atoms with Gasteiger partial charge in [0.15, 0.2) is 15.8 Å². The van der Waals surface area contributed by atoms with Crippen molar-refractivity contribution in [1.82, 2.24) is 10.6 Å². The van der Waals surface area contributed by atoms with Crippen LogP contribution < -0.4 is 10.6 Å². The van der Waals surface area contributed by atoms with Crippen LogP contribution in [0.4, 0.5) is 0 Å². The predicted molar refractivity (Wildman–Crippen MR) is 109 cm³/mol. The summed E-state index contributed by atoms with van der Waals surface area (Å²) in [4.78, 5) is 4.31. The second kappa shape index (κ2) is 8.19. The smallest absolute Gasteiger partial charge is 0.191 e. The van der Waals surface area contributed by atoms with E-state index in [1.165, 1.54) is 18.2 Å². The van der Waals surface area contributed by atoms with Crippen molar-refractivity contribution in [2.45, 2.75) is 42.3 Å². The first-order valence-electron chi connectivity index (χ1n) is 9.68. The van der Waals surface area contributed by atoms with E-state index in [1.54, 1.807) is 7.05 Å². The highest BCUT2D eigenvalue weighted by molar-refractivity contribution is 7.92. The summed E-state index contributed by atoms with van der Waals surface area (Å²) in [7, 11) is -1.47. The average molecular weight is 394 g/mol. The molecule has 1 aromatic carbocycles. The van der Waals surface area contributed by atoms with E-state index in [2.05, 4.69) is 39.9 Å². The van der Waals surface area contributed by atoms with E-state index in [0.717, 1.165) is 19.4 Å². The summed E-state index contributed by atoms with van der Waals surface area (Å²) < 4.78 is 29.4. The molecule has 0 atom stereocenters. The Labute approximate surface area is 162 Å². The summed E-state index contributed by atoms with van der Waals surface area (Å²) in [5.41, 5.74) is 1.50. The van der Waals surface area contributed by atoms with Crippen molar-refractivity contribution in [2.24, 2.45) is 4.99 Å². The number of benzene rings is 1. The summed E-state index contributed by atoms with van der Waals surface area (Å²) in [6, 6.07) is 10.6. The first-order chi connectivity index (χ1) is 12.9. The van der Waals surface area contributed by atoms with Crippen molar-refractivity contribution in [1.29, 1.82) is 0 Å². The molecule has 0 bridgehead atoms. The number of hydrogen-bond donors (Lipinski definition) is 2. The van der Waals surface area contributed by atoms with Gasteiger partial charge in [0.25, 0.3) is 0 Å². The van der Waals surface area contributed by atoms with Crippen molar-refractivity contribution in [3.63, 3.8) is 0 Å². The van der Waals surface area contributed by atoms with E-state index in [9.17, 15) is 8.42 Å². The second-order valence-electron chi connectivity index (χ2n) is 7.85. The zero-order valence-corrected chi connectivity index (χ0v) is 17.1.